The predicted octanol–water partition coefficient (Wildman–Crippen LogP) is 3.87. The van der Waals surface area contributed by atoms with E-state index in [1.54, 1.807) is 6.20 Å². The molecule has 3 aromatic heterocycles. The molecule has 1 amide bonds. The summed E-state index contributed by atoms with van der Waals surface area (Å²) < 4.78 is 7.68. The van der Waals surface area contributed by atoms with E-state index in [-0.39, 0.29) is 12.3 Å². The fraction of sp³-hybridized carbons (Fsp3) is 0.150. The normalized spacial score (nSPS) is 11.0. The van der Waals surface area contributed by atoms with Crippen molar-refractivity contribution in [2.45, 2.75) is 19.8 Å². The van der Waals surface area contributed by atoms with E-state index in [1.807, 2.05) is 66.1 Å². The Morgan fingerprint density at radius 1 is 1.15 bits per heavy atom. The van der Waals surface area contributed by atoms with Crippen LogP contribution < -0.4 is 5.32 Å². The van der Waals surface area contributed by atoms with Gasteiger partial charge in [0.25, 0.3) is 0 Å². The molecule has 0 atom stereocenters. The first-order valence-electron chi connectivity index (χ1n) is 8.44. The highest BCUT2D eigenvalue weighted by molar-refractivity contribution is 5.90. The average molecular weight is 346 g/mol. The second-order valence-corrected chi connectivity index (χ2v) is 6.01. The molecule has 1 aromatic carbocycles. The molecule has 0 spiro atoms. The van der Waals surface area contributed by atoms with E-state index in [2.05, 4.69) is 15.3 Å². The molecule has 4 aromatic rings. The number of pyridine rings is 1. The number of aromatic nitrogens is 3. The van der Waals surface area contributed by atoms with Gasteiger partial charge in [-0.3, -0.25) is 9.20 Å². The molecule has 0 bridgehead atoms. The highest BCUT2D eigenvalue weighted by Crippen LogP contribution is 2.24. The van der Waals surface area contributed by atoms with Crippen molar-refractivity contribution in [3.63, 3.8) is 0 Å². The van der Waals surface area contributed by atoms with Crippen LogP contribution in [-0.4, -0.2) is 20.3 Å². The lowest BCUT2D eigenvalue weighted by Gasteiger charge is -2.03. The van der Waals surface area contributed by atoms with E-state index >= 15 is 0 Å². The summed E-state index contributed by atoms with van der Waals surface area (Å²) in [5.41, 5.74) is 2.60. The number of carbonyl (C=O) groups is 1. The minimum atomic E-state index is -0.104. The third kappa shape index (κ3) is 3.21. The zero-order chi connectivity index (χ0) is 17.9. The van der Waals surface area contributed by atoms with E-state index in [9.17, 15) is 4.79 Å². The minimum Gasteiger partial charge on any atom is -0.440 e. The molecule has 3 heterocycles. The van der Waals surface area contributed by atoms with Crippen LogP contribution in [0.3, 0.4) is 0 Å². The number of fused-ring (bicyclic) bond motifs is 1. The van der Waals surface area contributed by atoms with Crippen LogP contribution in [0, 0.1) is 6.92 Å². The molecule has 4 rings (SSSR count). The second kappa shape index (κ2) is 6.84. The number of hydrogen-bond acceptors (Lipinski definition) is 4. The fourth-order valence-corrected chi connectivity index (χ4v) is 2.87. The zero-order valence-corrected chi connectivity index (χ0v) is 14.3. The highest BCUT2D eigenvalue weighted by Gasteiger charge is 2.13. The molecule has 0 unspecified atom stereocenters. The zero-order valence-electron chi connectivity index (χ0n) is 14.3. The van der Waals surface area contributed by atoms with Gasteiger partial charge in [0.05, 0.1) is 11.9 Å². The Balaban J connectivity index is 1.42. The number of nitrogens with one attached hydrogen (secondary N) is 1. The molecule has 0 aliphatic carbocycles. The molecular formula is C20H18N4O2. The van der Waals surface area contributed by atoms with Gasteiger partial charge in [0, 0.05) is 24.6 Å². The summed E-state index contributed by atoms with van der Waals surface area (Å²) in [6.45, 7) is 1.91. The SMILES string of the molecule is Cc1nc(CCC(=O)Nc2cnc3ccccn23)oc1-c1ccccc1. The largest absolute Gasteiger partial charge is 0.440 e. The van der Waals surface area contributed by atoms with Gasteiger partial charge in [0.15, 0.2) is 11.7 Å². The van der Waals surface area contributed by atoms with Crippen molar-refractivity contribution in [1.29, 1.82) is 0 Å². The van der Waals surface area contributed by atoms with E-state index in [4.69, 9.17) is 4.42 Å². The van der Waals surface area contributed by atoms with Crippen LogP contribution in [0.5, 0.6) is 0 Å². The highest BCUT2D eigenvalue weighted by atomic mass is 16.4. The summed E-state index contributed by atoms with van der Waals surface area (Å²) in [4.78, 5) is 21.0. The predicted molar refractivity (Wildman–Crippen MR) is 98.8 cm³/mol. The number of oxazole rings is 1. The Hall–Kier alpha value is -3.41. The number of imidazole rings is 1. The quantitative estimate of drug-likeness (QED) is 0.595. The monoisotopic (exact) mass is 346 g/mol. The minimum absolute atomic E-state index is 0.104. The Bertz CT molecular complexity index is 1050. The number of anilines is 1. The Labute approximate surface area is 150 Å². The molecule has 0 aliphatic heterocycles. The molecule has 26 heavy (non-hydrogen) atoms. The number of hydrogen-bond donors (Lipinski definition) is 1. The van der Waals surface area contributed by atoms with E-state index < -0.39 is 0 Å². The third-order valence-corrected chi connectivity index (χ3v) is 4.13. The number of nitrogens with zero attached hydrogens (tertiary/aromatic N) is 3. The first-order chi connectivity index (χ1) is 12.7. The number of aryl methyl sites for hydroxylation is 2. The van der Waals surface area contributed by atoms with Gasteiger partial charge < -0.3 is 9.73 Å². The van der Waals surface area contributed by atoms with Crippen LogP contribution in [0.1, 0.15) is 18.0 Å². The number of carbonyl (C=O) groups excluding carboxylic acids is 1. The standard InChI is InChI=1S/C20H18N4O2/c1-14-20(15-7-3-2-4-8-15)26-19(22-14)11-10-18(25)23-17-13-21-16-9-5-6-12-24(16)17/h2-9,12-13H,10-11H2,1H3,(H,23,25). The van der Waals surface area contributed by atoms with Gasteiger partial charge in [-0.2, -0.15) is 0 Å². The van der Waals surface area contributed by atoms with Crippen LogP contribution >= 0.6 is 0 Å². The molecule has 0 aliphatic rings. The third-order valence-electron chi connectivity index (χ3n) is 4.13. The van der Waals surface area contributed by atoms with Crippen molar-refractivity contribution in [3.05, 3.63) is 72.5 Å². The van der Waals surface area contributed by atoms with E-state index in [1.165, 1.54) is 0 Å². The molecule has 130 valence electrons. The number of benzene rings is 1. The maximum absolute atomic E-state index is 12.3. The van der Waals surface area contributed by atoms with Gasteiger partial charge in [-0.1, -0.05) is 36.4 Å². The first-order valence-corrected chi connectivity index (χ1v) is 8.44. The van der Waals surface area contributed by atoms with Crippen molar-refractivity contribution in [2.75, 3.05) is 5.32 Å². The second-order valence-electron chi connectivity index (χ2n) is 6.01. The molecule has 0 saturated heterocycles. The van der Waals surface area contributed by atoms with Gasteiger partial charge in [0.2, 0.25) is 5.91 Å². The summed E-state index contributed by atoms with van der Waals surface area (Å²) >= 11 is 0. The van der Waals surface area contributed by atoms with Crippen molar-refractivity contribution in [2.24, 2.45) is 0 Å². The van der Waals surface area contributed by atoms with Crippen LogP contribution in [0.25, 0.3) is 17.0 Å². The van der Waals surface area contributed by atoms with Crippen LogP contribution in [0.4, 0.5) is 5.82 Å². The number of amides is 1. The average Bonchev–Trinajstić information content (AvgIpc) is 3.24. The molecular weight excluding hydrogens is 328 g/mol. The summed E-state index contributed by atoms with van der Waals surface area (Å²) in [6, 6.07) is 15.5. The van der Waals surface area contributed by atoms with Gasteiger partial charge in [-0.15, -0.1) is 0 Å². The fourth-order valence-electron chi connectivity index (χ4n) is 2.87. The van der Waals surface area contributed by atoms with Gasteiger partial charge in [0.1, 0.15) is 11.5 Å². The smallest absolute Gasteiger partial charge is 0.226 e. The van der Waals surface area contributed by atoms with Crippen molar-refractivity contribution < 1.29 is 9.21 Å². The lowest BCUT2D eigenvalue weighted by Crippen LogP contribution is -2.13. The van der Waals surface area contributed by atoms with Crippen LogP contribution in [0.15, 0.2) is 65.3 Å². The summed E-state index contributed by atoms with van der Waals surface area (Å²) in [5, 5.41) is 2.88. The lowest BCUT2D eigenvalue weighted by molar-refractivity contribution is -0.116. The molecule has 0 saturated carbocycles. The topological polar surface area (TPSA) is 72.4 Å². The maximum atomic E-state index is 12.3. The van der Waals surface area contributed by atoms with Crippen LogP contribution in [0.2, 0.25) is 0 Å². The van der Waals surface area contributed by atoms with E-state index in [0.29, 0.717) is 18.1 Å². The van der Waals surface area contributed by atoms with Crippen molar-refractivity contribution in [3.8, 4) is 11.3 Å². The number of rotatable bonds is 5. The molecule has 6 nitrogen and oxygen atoms in total. The maximum Gasteiger partial charge on any atom is 0.226 e. The van der Waals surface area contributed by atoms with Crippen molar-refractivity contribution in [1.82, 2.24) is 14.4 Å². The molecule has 1 N–H and O–H groups in total. The first kappa shape index (κ1) is 16.1. The summed E-state index contributed by atoms with van der Waals surface area (Å²) in [6.07, 6.45) is 4.24. The van der Waals surface area contributed by atoms with Gasteiger partial charge in [-0.25, -0.2) is 9.97 Å². The Morgan fingerprint density at radius 3 is 2.81 bits per heavy atom. The molecule has 0 radical (unpaired) electrons. The Kier molecular flexibility index (Phi) is 4.23. The molecule has 6 heteroatoms. The van der Waals surface area contributed by atoms with Gasteiger partial charge in [-0.05, 0) is 19.1 Å². The van der Waals surface area contributed by atoms with E-state index in [0.717, 1.165) is 22.7 Å². The van der Waals surface area contributed by atoms with Crippen molar-refractivity contribution >= 4 is 17.4 Å². The summed E-state index contributed by atoms with van der Waals surface area (Å²) in [5.74, 6) is 1.87. The van der Waals surface area contributed by atoms with Gasteiger partial charge >= 0.3 is 0 Å². The Morgan fingerprint density at radius 2 is 1.96 bits per heavy atom. The van der Waals surface area contributed by atoms with Crippen LogP contribution in [-0.2, 0) is 11.2 Å². The lowest BCUT2D eigenvalue weighted by atomic mass is 10.1. The molecule has 0 fully saturated rings. The summed E-state index contributed by atoms with van der Waals surface area (Å²) in [7, 11) is 0.